The second-order valence-electron chi connectivity index (χ2n) is 3.32. The molecule has 1 aromatic heterocycles. The number of fused-ring (bicyclic) bond motifs is 1. The summed E-state index contributed by atoms with van der Waals surface area (Å²) in [6.07, 6.45) is 1.07. The van der Waals surface area contributed by atoms with E-state index < -0.39 is 0 Å². The van der Waals surface area contributed by atoms with Crippen molar-refractivity contribution < 1.29 is 0 Å². The Morgan fingerprint density at radius 1 is 1.62 bits per heavy atom. The molecule has 0 spiro atoms. The van der Waals surface area contributed by atoms with Crippen molar-refractivity contribution in [2.75, 3.05) is 6.54 Å². The Morgan fingerprint density at radius 3 is 3.15 bits per heavy atom. The summed E-state index contributed by atoms with van der Waals surface area (Å²) in [6, 6.07) is 0. The van der Waals surface area contributed by atoms with Gasteiger partial charge in [-0.25, -0.2) is 0 Å². The second kappa shape index (κ2) is 3.47. The molecule has 1 aromatic rings. The Kier molecular flexibility index (Phi) is 2.33. The van der Waals surface area contributed by atoms with Gasteiger partial charge in [0.15, 0.2) is 0 Å². The van der Waals surface area contributed by atoms with Crippen LogP contribution in [0, 0.1) is 0 Å². The minimum atomic E-state index is 0.607. The van der Waals surface area contributed by atoms with Crippen molar-refractivity contribution in [3.63, 3.8) is 0 Å². The van der Waals surface area contributed by atoms with Gasteiger partial charge in [-0.3, -0.25) is 4.68 Å². The van der Waals surface area contributed by atoms with Gasteiger partial charge in [-0.2, -0.15) is 5.10 Å². The van der Waals surface area contributed by atoms with Crippen LogP contribution in [0.2, 0.25) is 0 Å². The van der Waals surface area contributed by atoms with Crippen molar-refractivity contribution in [3.8, 4) is 0 Å². The van der Waals surface area contributed by atoms with E-state index in [1.807, 2.05) is 4.68 Å². The van der Waals surface area contributed by atoms with E-state index in [9.17, 15) is 0 Å². The van der Waals surface area contributed by atoms with Crippen LogP contribution in [0.15, 0.2) is 0 Å². The molecule has 0 atom stereocenters. The zero-order valence-electron chi connectivity index (χ0n) is 8.01. The molecule has 2 heterocycles. The van der Waals surface area contributed by atoms with Crippen molar-refractivity contribution in [2.24, 2.45) is 5.73 Å². The van der Waals surface area contributed by atoms with Crippen LogP contribution in [0.1, 0.15) is 23.9 Å². The highest BCUT2D eigenvalue weighted by Gasteiger charge is 2.18. The van der Waals surface area contributed by atoms with Crippen LogP contribution >= 0.6 is 0 Å². The summed E-state index contributed by atoms with van der Waals surface area (Å²) in [4.78, 5) is 0. The number of aromatic nitrogens is 2. The Balaban J connectivity index is 2.44. The first-order chi connectivity index (χ1) is 6.36. The molecular formula is C9H16N4. The van der Waals surface area contributed by atoms with Gasteiger partial charge in [0.25, 0.3) is 0 Å². The number of hydrogen-bond donors (Lipinski definition) is 2. The molecule has 0 unspecified atom stereocenters. The summed E-state index contributed by atoms with van der Waals surface area (Å²) in [7, 11) is 0. The molecule has 0 aliphatic carbocycles. The zero-order valence-corrected chi connectivity index (χ0v) is 8.01. The molecule has 13 heavy (non-hydrogen) atoms. The summed E-state index contributed by atoms with van der Waals surface area (Å²) in [6.45, 7) is 5.57. The van der Waals surface area contributed by atoms with Crippen molar-refractivity contribution in [2.45, 2.75) is 33.0 Å². The normalized spacial score (nSPS) is 15.8. The molecule has 4 heteroatoms. The fourth-order valence-electron chi connectivity index (χ4n) is 1.93. The van der Waals surface area contributed by atoms with E-state index in [1.165, 1.54) is 17.0 Å². The highest BCUT2D eigenvalue weighted by Crippen LogP contribution is 2.17. The lowest BCUT2D eigenvalue weighted by Gasteiger charge is -2.11. The largest absolute Gasteiger partial charge is 0.325 e. The van der Waals surface area contributed by atoms with Gasteiger partial charge in [0.2, 0.25) is 0 Å². The lowest BCUT2D eigenvalue weighted by atomic mass is 10.1. The molecule has 1 aliphatic heterocycles. The Labute approximate surface area is 78.1 Å². The number of nitrogens with two attached hydrogens (primary N) is 1. The number of rotatable bonds is 2. The maximum atomic E-state index is 5.71. The number of hydrogen-bond acceptors (Lipinski definition) is 3. The fraction of sp³-hybridized carbons (Fsp3) is 0.667. The first-order valence-corrected chi connectivity index (χ1v) is 4.85. The van der Waals surface area contributed by atoms with Crippen LogP contribution in [0.3, 0.4) is 0 Å². The molecule has 4 nitrogen and oxygen atoms in total. The number of nitrogens with one attached hydrogen (secondary N) is 1. The van der Waals surface area contributed by atoms with Gasteiger partial charge in [-0.15, -0.1) is 0 Å². The Bertz CT molecular complexity index is 292. The quantitative estimate of drug-likeness (QED) is 0.674. The highest BCUT2D eigenvalue weighted by molar-refractivity contribution is 5.28. The molecule has 0 fully saturated rings. The zero-order chi connectivity index (χ0) is 9.26. The smallest absolute Gasteiger partial charge is 0.0798 e. The topological polar surface area (TPSA) is 55.9 Å². The third-order valence-electron chi connectivity index (χ3n) is 2.59. The van der Waals surface area contributed by atoms with Crippen molar-refractivity contribution in [1.29, 1.82) is 0 Å². The first-order valence-electron chi connectivity index (χ1n) is 4.85. The highest BCUT2D eigenvalue weighted by atomic mass is 15.3. The van der Waals surface area contributed by atoms with Gasteiger partial charge in [-0.05, 0) is 19.9 Å². The second-order valence-corrected chi connectivity index (χ2v) is 3.32. The predicted molar refractivity (Wildman–Crippen MR) is 51.2 cm³/mol. The van der Waals surface area contributed by atoms with Crippen molar-refractivity contribution >= 4 is 0 Å². The minimum absolute atomic E-state index is 0.607. The number of aryl methyl sites for hydroxylation is 1. The number of nitrogens with zero attached hydrogens (tertiary/aromatic N) is 2. The average Bonchev–Trinajstić information content (AvgIpc) is 2.55. The molecule has 0 aromatic carbocycles. The van der Waals surface area contributed by atoms with Gasteiger partial charge < -0.3 is 11.1 Å². The third kappa shape index (κ3) is 1.36. The molecular weight excluding hydrogens is 164 g/mol. The Hall–Kier alpha value is -0.870. The first kappa shape index (κ1) is 8.72. The van der Waals surface area contributed by atoms with Gasteiger partial charge in [-0.1, -0.05) is 0 Å². The summed E-state index contributed by atoms with van der Waals surface area (Å²) < 4.78 is 2.03. The van der Waals surface area contributed by atoms with Crippen LogP contribution in [0.4, 0.5) is 0 Å². The van der Waals surface area contributed by atoms with E-state index in [1.54, 1.807) is 0 Å². The van der Waals surface area contributed by atoms with E-state index in [2.05, 4.69) is 17.3 Å². The van der Waals surface area contributed by atoms with Crippen LogP contribution < -0.4 is 11.1 Å². The summed E-state index contributed by atoms with van der Waals surface area (Å²) in [5.41, 5.74) is 9.50. The van der Waals surface area contributed by atoms with Crippen LogP contribution in [-0.4, -0.2) is 16.3 Å². The van der Waals surface area contributed by atoms with Crippen LogP contribution in [0.5, 0.6) is 0 Å². The van der Waals surface area contributed by atoms with E-state index in [4.69, 9.17) is 5.73 Å². The predicted octanol–water partition coefficient (Wildman–Crippen LogP) is 0.00740. The van der Waals surface area contributed by atoms with E-state index in [0.717, 1.165) is 26.1 Å². The molecule has 0 radical (unpaired) electrons. The molecule has 3 N–H and O–H groups in total. The van der Waals surface area contributed by atoms with Crippen molar-refractivity contribution in [3.05, 3.63) is 17.0 Å². The summed E-state index contributed by atoms with van der Waals surface area (Å²) in [5.74, 6) is 0. The Morgan fingerprint density at radius 2 is 2.46 bits per heavy atom. The molecule has 0 bridgehead atoms. The maximum Gasteiger partial charge on any atom is 0.0798 e. The lowest BCUT2D eigenvalue weighted by molar-refractivity contribution is 0.600. The molecule has 0 amide bonds. The van der Waals surface area contributed by atoms with E-state index >= 15 is 0 Å². The summed E-state index contributed by atoms with van der Waals surface area (Å²) >= 11 is 0. The van der Waals surface area contributed by atoms with E-state index in [-0.39, 0.29) is 0 Å². The van der Waals surface area contributed by atoms with Gasteiger partial charge in [0.05, 0.1) is 11.4 Å². The van der Waals surface area contributed by atoms with Crippen LogP contribution in [0.25, 0.3) is 0 Å². The molecule has 1 aliphatic rings. The van der Waals surface area contributed by atoms with Crippen LogP contribution in [-0.2, 0) is 26.1 Å². The molecule has 0 saturated heterocycles. The fourth-order valence-corrected chi connectivity index (χ4v) is 1.93. The monoisotopic (exact) mass is 180 g/mol. The summed E-state index contributed by atoms with van der Waals surface area (Å²) in [5, 5.41) is 7.83. The van der Waals surface area contributed by atoms with Gasteiger partial charge in [0.1, 0.15) is 0 Å². The standard InChI is InChI=1S/C9H16N4/c1-2-13-9(5-10)7-3-4-11-6-8(7)12-13/h11H,2-6,10H2,1H3. The van der Waals surface area contributed by atoms with Crippen molar-refractivity contribution in [1.82, 2.24) is 15.1 Å². The molecule has 72 valence electrons. The maximum absolute atomic E-state index is 5.71. The molecule has 2 rings (SSSR count). The minimum Gasteiger partial charge on any atom is -0.325 e. The lowest BCUT2D eigenvalue weighted by Crippen LogP contribution is -2.23. The average molecular weight is 180 g/mol. The third-order valence-corrected chi connectivity index (χ3v) is 2.59. The molecule has 0 saturated carbocycles. The van der Waals surface area contributed by atoms with Gasteiger partial charge in [0, 0.05) is 25.2 Å². The SMILES string of the molecule is CCn1nc2c(c1CN)CCNC2. The van der Waals surface area contributed by atoms with E-state index in [0.29, 0.717) is 6.54 Å². The van der Waals surface area contributed by atoms with Gasteiger partial charge >= 0.3 is 0 Å².